The van der Waals surface area contributed by atoms with Crippen molar-refractivity contribution in [1.82, 2.24) is 9.78 Å². The Bertz CT molecular complexity index is 628. The minimum absolute atomic E-state index is 0.134. The number of aromatic nitrogens is 2. The first-order valence-electron chi connectivity index (χ1n) is 6.59. The fourth-order valence-electron chi connectivity index (χ4n) is 1.85. The number of nitrogens with zero attached hydrogens (tertiary/aromatic N) is 3. The molecule has 0 aliphatic heterocycles. The monoisotopic (exact) mass is 274 g/mol. The van der Waals surface area contributed by atoms with Crippen LogP contribution in [0, 0.1) is 6.92 Å². The van der Waals surface area contributed by atoms with Crippen LogP contribution in [0.1, 0.15) is 18.5 Å². The number of hydrogen-bond donors (Lipinski definition) is 2. The molecule has 0 aliphatic rings. The molecule has 2 rings (SSSR count). The molecule has 0 bridgehead atoms. The van der Waals surface area contributed by atoms with E-state index in [4.69, 9.17) is 5.11 Å². The number of aromatic amines is 1. The second-order valence-corrected chi connectivity index (χ2v) is 4.51. The smallest absolute Gasteiger partial charge is 0.294 e. The van der Waals surface area contributed by atoms with Crippen molar-refractivity contribution in [2.75, 3.05) is 6.61 Å². The lowest BCUT2D eigenvalue weighted by molar-refractivity contribution is 0.280. The van der Waals surface area contributed by atoms with Gasteiger partial charge in [0, 0.05) is 13.2 Å². The Hall–Kier alpha value is -2.21. The van der Waals surface area contributed by atoms with E-state index in [1.165, 1.54) is 4.68 Å². The third-order valence-corrected chi connectivity index (χ3v) is 2.92. The van der Waals surface area contributed by atoms with Crippen molar-refractivity contribution in [3.8, 4) is 0 Å². The van der Waals surface area contributed by atoms with Gasteiger partial charge in [0.1, 0.15) is 0 Å². The average Bonchev–Trinajstić information content (AvgIpc) is 2.73. The zero-order valence-corrected chi connectivity index (χ0v) is 11.4. The van der Waals surface area contributed by atoms with Gasteiger partial charge in [-0.25, -0.2) is 0 Å². The lowest BCUT2D eigenvalue weighted by atomic mass is 10.3. The van der Waals surface area contributed by atoms with E-state index < -0.39 is 0 Å². The Morgan fingerprint density at radius 3 is 2.65 bits per heavy atom. The number of aliphatic hydroxyl groups is 1. The van der Waals surface area contributed by atoms with Crippen LogP contribution in [0.25, 0.3) is 0 Å². The third kappa shape index (κ3) is 3.42. The largest absolute Gasteiger partial charge is 0.396 e. The highest BCUT2D eigenvalue weighted by Gasteiger charge is 2.10. The van der Waals surface area contributed by atoms with Gasteiger partial charge in [-0.2, -0.15) is 5.11 Å². The molecule has 0 aliphatic carbocycles. The molecule has 1 aromatic heterocycles. The summed E-state index contributed by atoms with van der Waals surface area (Å²) < 4.78 is 1.50. The molecule has 0 saturated heterocycles. The topological polar surface area (TPSA) is 82.7 Å². The summed E-state index contributed by atoms with van der Waals surface area (Å²) in [7, 11) is 0. The fraction of sp³-hybridized carbons (Fsp3) is 0.357. The normalized spacial score (nSPS) is 11.3. The first kappa shape index (κ1) is 14.2. The number of nitrogens with one attached hydrogen (secondary N) is 1. The zero-order valence-electron chi connectivity index (χ0n) is 11.4. The first-order chi connectivity index (χ1) is 9.72. The SMILES string of the molecule is Cc1[nH]n(CCCCO)c(=O)c1N=Nc1ccccc1. The number of aryl methyl sites for hydroxylation is 2. The van der Waals surface area contributed by atoms with Gasteiger partial charge >= 0.3 is 0 Å². The number of benzene rings is 1. The molecule has 6 heteroatoms. The summed E-state index contributed by atoms with van der Waals surface area (Å²) in [5, 5.41) is 19.8. The molecule has 0 radical (unpaired) electrons. The van der Waals surface area contributed by atoms with Crippen molar-refractivity contribution < 1.29 is 5.11 Å². The number of rotatable bonds is 6. The number of unbranched alkanes of at least 4 members (excludes halogenated alkanes) is 1. The highest BCUT2D eigenvalue weighted by molar-refractivity contribution is 5.41. The molecule has 6 nitrogen and oxygen atoms in total. The van der Waals surface area contributed by atoms with Crippen LogP contribution in [0.15, 0.2) is 45.4 Å². The van der Waals surface area contributed by atoms with Crippen molar-refractivity contribution in [2.45, 2.75) is 26.3 Å². The summed E-state index contributed by atoms with van der Waals surface area (Å²) in [6.07, 6.45) is 1.41. The van der Waals surface area contributed by atoms with Crippen LogP contribution in [0.4, 0.5) is 11.4 Å². The molecule has 106 valence electrons. The molecule has 0 spiro atoms. The summed E-state index contributed by atoms with van der Waals surface area (Å²) in [5.41, 5.74) is 1.55. The van der Waals surface area contributed by atoms with E-state index >= 15 is 0 Å². The quantitative estimate of drug-likeness (QED) is 0.627. The molecule has 2 N–H and O–H groups in total. The average molecular weight is 274 g/mol. The van der Waals surface area contributed by atoms with E-state index in [1.807, 2.05) is 30.3 Å². The van der Waals surface area contributed by atoms with Crippen molar-refractivity contribution in [3.63, 3.8) is 0 Å². The Kier molecular flexibility index (Phi) is 4.84. The highest BCUT2D eigenvalue weighted by Crippen LogP contribution is 2.17. The maximum absolute atomic E-state index is 12.1. The van der Waals surface area contributed by atoms with E-state index in [0.717, 1.165) is 6.42 Å². The van der Waals surface area contributed by atoms with Gasteiger partial charge in [0.25, 0.3) is 5.56 Å². The standard InChI is InChI=1S/C14H18N4O2/c1-11-13(16-15-12-7-3-2-4-8-12)14(20)18(17-11)9-5-6-10-19/h2-4,7-8,17,19H,5-6,9-10H2,1H3. The van der Waals surface area contributed by atoms with E-state index in [-0.39, 0.29) is 12.2 Å². The molecule has 0 fully saturated rings. The van der Waals surface area contributed by atoms with E-state index in [9.17, 15) is 4.79 Å². The molecular formula is C14H18N4O2. The molecule has 0 amide bonds. The van der Waals surface area contributed by atoms with Gasteiger partial charge in [-0.3, -0.25) is 14.6 Å². The predicted molar refractivity (Wildman–Crippen MR) is 76.7 cm³/mol. The van der Waals surface area contributed by atoms with E-state index in [1.54, 1.807) is 6.92 Å². The number of azo groups is 1. The summed E-state index contributed by atoms with van der Waals surface area (Å²) in [6.45, 7) is 2.47. The van der Waals surface area contributed by atoms with Crippen LogP contribution in [0.2, 0.25) is 0 Å². The predicted octanol–water partition coefficient (Wildman–Crippen LogP) is 2.67. The minimum Gasteiger partial charge on any atom is -0.396 e. The first-order valence-corrected chi connectivity index (χ1v) is 6.59. The third-order valence-electron chi connectivity index (χ3n) is 2.92. The van der Waals surface area contributed by atoms with Crippen molar-refractivity contribution in [3.05, 3.63) is 46.4 Å². The molecule has 1 heterocycles. The van der Waals surface area contributed by atoms with E-state index in [2.05, 4.69) is 15.3 Å². The van der Waals surface area contributed by atoms with Gasteiger partial charge in [0.2, 0.25) is 0 Å². The highest BCUT2D eigenvalue weighted by atomic mass is 16.2. The molecule has 1 aromatic carbocycles. The van der Waals surface area contributed by atoms with Crippen LogP contribution >= 0.6 is 0 Å². The summed E-state index contributed by atoms with van der Waals surface area (Å²) in [4.78, 5) is 12.1. The molecule has 20 heavy (non-hydrogen) atoms. The van der Waals surface area contributed by atoms with Crippen LogP contribution in [0.5, 0.6) is 0 Å². The van der Waals surface area contributed by atoms with Crippen molar-refractivity contribution in [2.24, 2.45) is 10.2 Å². The second-order valence-electron chi connectivity index (χ2n) is 4.51. The van der Waals surface area contributed by atoms with Crippen molar-refractivity contribution >= 4 is 11.4 Å². The summed E-state index contributed by atoms with van der Waals surface area (Å²) in [5.74, 6) is 0. The zero-order chi connectivity index (χ0) is 14.4. The van der Waals surface area contributed by atoms with Gasteiger partial charge < -0.3 is 5.11 Å². The molecule has 2 aromatic rings. The maximum Gasteiger partial charge on any atom is 0.294 e. The Morgan fingerprint density at radius 1 is 1.20 bits per heavy atom. The summed E-state index contributed by atoms with van der Waals surface area (Å²) in [6, 6.07) is 9.28. The molecule has 0 atom stereocenters. The fourth-order valence-corrected chi connectivity index (χ4v) is 1.85. The lowest BCUT2D eigenvalue weighted by Gasteiger charge is -1.98. The molecular weight excluding hydrogens is 256 g/mol. The number of H-pyrrole nitrogens is 1. The van der Waals surface area contributed by atoms with Gasteiger partial charge in [0.05, 0.1) is 11.4 Å². The van der Waals surface area contributed by atoms with Crippen LogP contribution in [0.3, 0.4) is 0 Å². The van der Waals surface area contributed by atoms with Gasteiger partial charge in [-0.1, -0.05) is 18.2 Å². The second kappa shape index (κ2) is 6.81. The number of aliphatic hydroxyl groups excluding tert-OH is 1. The Morgan fingerprint density at radius 2 is 1.95 bits per heavy atom. The van der Waals surface area contributed by atoms with Gasteiger partial charge in [-0.15, -0.1) is 5.11 Å². The van der Waals surface area contributed by atoms with Crippen LogP contribution in [-0.4, -0.2) is 21.5 Å². The van der Waals surface area contributed by atoms with Crippen LogP contribution < -0.4 is 5.56 Å². The van der Waals surface area contributed by atoms with E-state index in [0.29, 0.717) is 30.0 Å². The Balaban J connectivity index is 2.16. The molecule has 0 unspecified atom stereocenters. The Labute approximate surface area is 116 Å². The van der Waals surface area contributed by atoms with Crippen molar-refractivity contribution in [1.29, 1.82) is 0 Å². The molecule has 0 saturated carbocycles. The number of hydrogen-bond acceptors (Lipinski definition) is 4. The van der Waals surface area contributed by atoms with Gasteiger partial charge in [0.15, 0.2) is 5.69 Å². The van der Waals surface area contributed by atoms with Gasteiger partial charge in [-0.05, 0) is 31.9 Å². The maximum atomic E-state index is 12.1. The lowest BCUT2D eigenvalue weighted by Crippen LogP contribution is -2.16. The summed E-state index contributed by atoms with van der Waals surface area (Å²) >= 11 is 0. The van der Waals surface area contributed by atoms with Crippen LogP contribution in [-0.2, 0) is 6.54 Å². The minimum atomic E-state index is -0.180.